The van der Waals surface area contributed by atoms with Crippen LogP contribution in [0.5, 0.6) is 0 Å². The minimum absolute atomic E-state index is 0.712. The fourth-order valence-electron chi connectivity index (χ4n) is 1.34. The van der Waals surface area contributed by atoms with Crippen molar-refractivity contribution in [2.75, 3.05) is 14.2 Å². The van der Waals surface area contributed by atoms with Crippen molar-refractivity contribution < 1.29 is 14.7 Å². The quantitative estimate of drug-likeness (QED) is 0.217. The summed E-state index contributed by atoms with van der Waals surface area (Å²) >= 11 is 0. The van der Waals surface area contributed by atoms with E-state index in [1.165, 1.54) is 19.1 Å². The van der Waals surface area contributed by atoms with E-state index in [2.05, 4.69) is 12.1 Å². The Morgan fingerprint density at radius 3 is 2.29 bits per heavy atom. The predicted molar refractivity (Wildman–Crippen MR) is 55.8 cm³/mol. The molecule has 0 unspecified atom stereocenters. The first-order valence-corrected chi connectivity index (χ1v) is 5.03. The first-order valence-electron chi connectivity index (χ1n) is 5.03. The predicted octanol–water partition coefficient (Wildman–Crippen LogP) is 2.41. The Kier molecular flexibility index (Phi) is 7.42. The molecule has 0 bridgehead atoms. The van der Waals surface area contributed by atoms with Crippen molar-refractivity contribution in [3.63, 3.8) is 0 Å². The molecule has 14 heavy (non-hydrogen) atoms. The Morgan fingerprint density at radius 1 is 1.21 bits per heavy atom. The van der Waals surface area contributed by atoms with Crippen molar-refractivity contribution in [2.24, 2.45) is 5.16 Å². The fraction of sp³-hybridized carbons (Fsp3) is 0.900. The number of methoxy groups -OCH3 is 2. The monoisotopic (exact) mass is 203 g/mol. The van der Waals surface area contributed by atoms with Gasteiger partial charge in [0.25, 0.3) is 0 Å². The highest BCUT2D eigenvalue weighted by Gasteiger charge is 2.26. The topological polar surface area (TPSA) is 51.1 Å². The summed E-state index contributed by atoms with van der Waals surface area (Å²) in [5.74, 6) is -0.859. The van der Waals surface area contributed by atoms with Crippen molar-refractivity contribution in [3.05, 3.63) is 0 Å². The second kappa shape index (κ2) is 7.76. The molecular weight excluding hydrogens is 182 g/mol. The van der Waals surface area contributed by atoms with E-state index < -0.39 is 5.79 Å². The number of hydrogen-bond donors (Lipinski definition) is 1. The molecule has 0 aliphatic heterocycles. The zero-order chi connectivity index (χ0) is 10.9. The van der Waals surface area contributed by atoms with Gasteiger partial charge in [0.15, 0.2) is 0 Å². The summed E-state index contributed by atoms with van der Waals surface area (Å²) < 4.78 is 10.4. The fourth-order valence-corrected chi connectivity index (χ4v) is 1.34. The lowest BCUT2D eigenvalue weighted by Crippen LogP contribution is -2.35. The third-order valence-electron chi connectivity index (χ3n) is 2.32. The molecule has 0 saturated heterocycles. The summed E-state index contributed by atoms with van der Waals surface area (Å²) in [5, 5.41) is 11.5. The van der Waals surface area contributed by atoms with E-state index in [0.717, 1.165) is 12.8 Å². The van der Waals surface area contributed by atoms with Gasteiger partial charge >= 0.3 is 0 Å². The Balaban J connectivity index is 3.95. The molecule has 0 aromatic heterocycles. The summed E-state index contributed by atoms with van der Waals surface area (Å²) in [5.41, 5.74) is 0. The van der Waals surface area contributed by atoms with E-state index in [1.807, 2.05) is 0 Å². The van der Waals surface area contributed by atoms with Crippen LogP contribution in [0.25, 0.3) is 0 Å². The van der Waals surface area contributed by atoms with Gasteiger partial charge in [-0.15, -0.1) is 0 Å². The normalized spacial score (nSPS) is 12.5. The van der Waals surface area contributed by atoms with Gasteiger partial charge in [0.1, 0.15) is 6.21 Å². The van der Waals surface area contributed by atoms with E-state index in [4.69, 9.17) is 14.7 Å². The van der Waals surface area contributed by atoms with Gasteiger partial charge in [0, 0.05) is 20.6 Å². The maximum atomic E-state index is 8.48. The van der Waals surface area contributed by atoms with Crippen LogP contribution < -0.4 is 0 Å². The average molecular weight is 203 g/mol. The maximum Gasteiger partial charge on any atom is 0.208 e. The third-order valence-corrected chi connectivity index (χ3v) is 2.32. The molecule has 0 aliphatic rings. The summed E-state index contributed by atoms with van der Waals surface area (Å²) in [6.07, 6.45) is 6.55. The van der Waals surface area contributed by atoms with Gasteiger partial charge in [-0.1, -0.05) is 31.3 Å². The molecule has 0 saturated carbocycles. The van der Waals surface area contributed by atoms with E-state index >= 15 is 0 Å². The standard InChI is InChI=1S/C10H21NO3/c1-4-5-6-7-8-10(13-2,14-3)9-11-12/h9,12H,4-8H2,1-3H3/b11-9-. The third kappa shape index (κ3) is 4.58. The molecule has 0 atom stereocenters. The average Bonchev–Trinajstić information content (AvgIpc) is 2.23. The summed E-state index contributed by atoms with van der Waals surface area (Å²) in [6.45, 7) is 2.16. The summed E-state index contributed by atoms with van der Waals surface area (Å²) in [7, 11) is 3.09. The van der Waals surface area contributed by atoms with Crippen molar-refractivity contribution >= 4 is 6.21 Å². The number of oxime groups is 1. The minimum atomic E-state index is -0.859. The van der Waals surface area contributed by atoms with Gasteiger partial charge in [-0.2, -0.15) is 0 Å². The molecule has 0 fully saturated rings. The molecule has 1 N–H and O–H groups in total. The Labute approximate surface area is 85.9 Å². The van der Waals surface area contributed by atoms with Crippen molar-refractivity contribution in [1.82, 2.24) is 0 Å². The zero-order valence-electron chi connectivity index (χ0n) is 9.32. The SMILES string of the molecule is CCCCCCC(/C=N\O)(OC)OC. The molecule has 84 valence electrons. The Bertz CT molecular complexity index is 155. The first-order chi connectivity index (χ1) is 6.74. The second-order valence-electron chi connectivity index (χ2n) is 3.28. The van der Waals surface area contributed by atoms with Gasteiger partial charge in [-0.25, -0.2) is 0 Å². The molecule has 0 rings (SSSR count). The van der Waals surface area contributed by atoms with Crippen LogP contribution in [0.4, 0.5) is 0 Å². The highest BCUT2D eigenvalue weighted by Crippen LogP contribution is 2.18. The highest BCUT2D eigenvalue weighted by atomic mass is 16.7. The van der Waals surface area contributed by atoms with Crippen molar-refractivity contribution in [2.45, 2.75) is 44.8 Å². The molecule has 0 aliphatic carbocycles. The van der Waals surface area contributed by atoms with Crippen LogP contribution in [0.2, 0.25) is 0 Å². The van der Waals surface area contributed by atoms with Crippen LogP contribution in [0.3, 0.4) is 0 Å². The van der Waals surface area contributed by atoms with E-state index in [9.17, 15) is 0 Å². The molecule has 0 aromatic carbocycles. The van der Waals surface area contributed by atoms with Crippen molar-refractivity contribution in [1.29, 1.82) is 0 Å². The van der Waals surface area contributed by atoms with Crippen LogP contribution >= 0.6 is 0 Å². The molecule has 0 radical (unpaired) electrons. The van der Waals surface area contributed by atoms with Crippen LogP contribution in [0.15, 0.2) is 5.16 Å². The number of hydrogen-bond acceptors (Lipinski definition) is 4. The van der Waals surface area contributed by atoms with E-state index in [1.54, 1.807) is 14.2 Å². The lowest BCUT2D eigenvalue weighted by Gasteiger charge is -2.25. The molecular formula is C10H21NO3. The van der Waals surface area contributed by atoms with Crippen LogP contribution in [-0.2, 0) is 9.47 Å². The molecule has 0 amide bonds. The first kappa shape index (κ1) is 13.4. The van der Waals surface area contributed by atoms with Crippen LogP contribution in [0.1, 0.15) is 39.0 Å². The number of nitrogens with zero attached hydrogens (tertiary/aromatic N) is 1. The van der Waals surface area contributed by atoms with E-state index in [-0.39, 0.29) is 0 Å². The summed E-state index contributed by atoms with van der Waals surface area (Å²) in [4.78, 5) is 0. The van der Waals surface area contributed by atoms with Gasteiger partial charge < -0.3 is 14.7 Å². The van der Waals surface area contributed by atoms with Gasteiger partial charge in [-0.05, 0) is 6.42 Å². The van der Waals surface area contributed by atoms with Gasteiger partial charge in [0.05, 0.1) is 0 Å². The smallest absolute Gasteiger partial charge is 0.208 e. The number of rotatable bonds is 8. The lowest BCUT2D eigenvalue weighted by atomic mass is 10.1. The number of unbranched alkanes of at least 4 members (excludes halogenated alkanes) is 3. The lowest BCUT2D eigenvalue weighted by molar-refractivity contribution is -0.155. The molecule has 0 heterocycles. The highest BCUT2D eigenvalue weighted by molar-refractivity contribution is 5.65. The second-order valence-corrected chi connectivity index (χ2v) is 3.28. The largest absolute Gasteiger partial charge is 0.411 e. The van der Waals surface area contributed by atoms with E-state index in [0.29, 0.717) is 6.42 Å². The van der Waals surface area contributed by atoms with Crippen LogP contribution in [0, 0.1) is 0 Å². The molecule has 4 nitrogen and oxygen atoms in total. The van der Waals surface area contributed by atoms with Crippen LogP contribution in [-0.4, -0.2) is 31.4 Å². The minimum Gasteiger partial charge on any atom is -0.411 e. The number of ether oxygens (including phenoxy) is 2. The summed E-state index contributed by atoms with van der Waals surface area (Å²) in [6, 6.07) is 0. The van der Waals surface area contributed by atoms with Gasteiger partial charge in [0.2, 0.25) is 5.79 Å². The van der Waals surface area contributed by atoms with Crippen molar-refractivity contribution in [3.8, 4) is 0 Å². The molecule has 4 heteroatoms. The van der Waals surface area contributed by atoms with Gasteiger partial charge in [-0.3, -0.25) is 0 Å². The molecule has 0 spiro atoms. The maximum absolute atomic E-state index is 8.48. The Hall–Kier alpha value is -0.610. The Morgan fingerprint density at radius 2 is 1.86 bits per heavy atom. The zero-order valence-corrected chi connectivity index (χ0v) is 9.32. The molecule has 0 aromatic rings.